The van der Waals surface area contributed by atoms with Crippen molar-refractivity contribution in [3.05, 3.63) is 29.6 Å². The van der Waals surface area contributed by atoms with E-state index in [1.165, 1.54) is 6.92 Å². The molecule has 96 valence electrons. The molecule has 5 nitrogen and oxygen atoms in total. The van der Waals surface area contributed by atoms with E-state index in [1.54, 1.807) is 0 Å². The monoisotopic (exact) mass is 254 g/mol. The highest BCUT2D eigenvalue weighted by Crippen LogP contribution is 2.19. The minimum Gasteiger partial charge on any atom is -0.507 e. The third kappa shape index (κ3) is 3.38. The minimum atomic E-state index is -1.12. The number of phenolic OH excluding ortho intramolecular Hbond substituents is 1. The number of phenols is 1. The van der Waals surface area contributed by atoms with Crippen LogP contribution < -0.4 is 0 Å². The predicted octanol–water partition coefficient (Wildman–Crippen LogP) is 1.24. The Morgan fingerprint density at radius 2 is 2.00 bits per heavy atom. The quantitative estimate of drug-likeness (QED) is 0.370. The molecule has 0 atom stereocenters. The molecule has 0 saturated heterocycles. The average molecular weight is 254 g/mol. The number of carbonyl (C=O) groups excluding carboxylic acids is 3. The van der Waals surface area contributed by atoms with Crippen LogP contribution in [0.15, 0.2) is 18.2 Å². The van der Waals surface area contributed by atoms with Crippen molar-refractivity contribution in [3.63, 3.8) is 0 Å². The van der Waals surface area contributed by atoms with Gasteiger partial charge in [0.05, 0.1) is 18.6 Å². The second kappa shape index (κ2) is 5.90. The lowest BCUT2D eigenvalue weighted by Crippen LogP contribution is -2.20. The standard InChI is InChI=1S/C12H11FO5/c1-2-18-12(17)11(16)6-10(15)8-5-7(13)3-4-9(8)14/h3-5,14H,2,6H2,1H3. The maximum absolute atomic E-state index is 12.9. The number of hydrogen-bond donors (Lipinski definition) is 1. The molecule has 1 aromatic rings. The summed E-state index contributed by atoms with van der Waals surface area (Å²) in [5, 5.41) is 9.35. The molecular formula is C12H11FO5. The van der Waals surface area contributed by atoms with Crippen molar-refractivity contribution in [1.82, 2.24) is 0 Å². The van der Waals surface area contributed by atoms with Gasteiger partial charge in [-0.25, -0.2) is 9.18 Å². The van der Waals surface area contributed by atoms with Crippen LogP contribution in [0.1, 0.15) is 23.7 Å². The van der Waals surface area contributed by atoms with Gasteiger partial charge in [-0.2, -0.15) is 0 Å². The first-order chi connectivity index (χ1) is 8.45. The molecule has 0 aliphatic rings. The number of esters is 1. The number of halogens is 1. The van der Waals surface area contributed by atoms with Gasteiger partial charge < -0.3 is 9.84 Å². The number of benzene rings is 1. The molecule has 0 amide bonds. The van der Waals surface area contributed by atoms with Crippen LogP contribution in [0.3, 0.4) is 0 Å². The topological polar surface area (TPSA) is 80.7 Å². The maximum atomic E-state index is 12.9. The predicted molar refractivity (Wildman–Crippen MR) is 58.7 cm³/mol. The molecular weight excluding hydrogens is 243 g/mol. The van der Waals surface area contributed by atoms with Gasteiger partial charge >= 0.3 is 5.97 Å². The zero-order valence-electron chi connectivity index (χ0n) is 9.60. The Labute approximate surface area is 102 Å². The Hall–Kier alpha value is -2.24. The van der Waals surface area contributed by atoms with E-state index in [0.717, 1.165) is 18.2 Å². The minimum absolute atomic E-state index is 0.0178. The number of aromatic hydroxyl groups is 1. The first-order valence-corrected chi connectivity index (χ1v) is 5.17. The first kappa shape index (κ1) is 13.8. The molecule has 0 aliphatic carbocycles. The summed E-state index contributed by atoms with van der Waals surface area (Å²) >= 11 is 0. The molecule has 18 heavy (non-hydrogen) atoms. The highest BCUT2D eigenvalue weighted by Gasteiger charge is 2.22. The van der Waals surface area contributed by atoms with Crippen molar-refractivity contribution in [2.24, 2.45) is 0 Å². The second-order valence-electron chi connectivity index (χ2n) is 3.41. The third-order valence-electron chi connectivity index (χ3n) is 2.08. The highest BCUT2D eigenvalue weighted by atomic mass is 19.1. The van der Waals surface area contributed by atoms with E-state index in [4.69, 9.17) is 0 Å². The van der Waals surface area contributed by atoms with Crippen LogP contribution in [-0.2, 0) is 14.3 Å². The van der Waals surface area contributed by atoms with Crippen molar-refractivity contribution < 1.29 is 28.6 Å². The van der Waals surface area contributed by atoms with Crippen LogP contribution in [0.2, 0.25) is 0 Å². The molecule has 1 N–H and O–H groups in total. The van der Waals surface area contributed by atoms with Gasteiger partial charge in [-0.15, -0.1) is 0 Å². The van der Waals surface area contributed by atoms with Crippen LogP contribution in [0.25, 0.3) is 0 Å². The van der Waals surface area contributed by atoms with E-state index in [-0.39, 0.29) is 12.2 Å². The Bertz CT molecular complexity index is 495. The lowest BCUT2D eigenvalue weighted by atomic mass is 10.0. The highest BCUT2D eigenvalue weighted by molar-refractivity contribution is 6.38. The summed E-state index contributed by atoms with van der Waals surface area (Å²) < 4.78 is 17.3. The van der Waals surface area contributed by atoms with Crippen LogP contribution in [-0.4, -0.2) is 29.2 Å². The number of ketones is 2. The Morgan fingerprint density at radius 1 is 1.33 bits per heavy atom. The molecule has 0 fully saturated rings. The molecule has 0 radical (unpaired) electrons. The number of ether oxygens (including phenoxy) is 1. The maximum Gasteiger partial charge on any atom is 0.375 e. The number of Topliss-reactive ketones (excluding diaryl/α,β-unsaturated/α-hetero) is 2. The second-order valence-corrected chi connectivity index (χ2v) is 3.41. The lowest BCUT2D eigenvalue weighted by Gasteiger charge is -2.03. The van der Waals surface area contributed by atoms with Gasteiger partial charge in [-0.1, -0.05) is 0 Å². The fraction of sp³-hybridized carbons (Fsp3) is 0.250. The van der Waals surface area contributed by atoms with E-state index >= 15 is 0 Å². The molecule has 6 heteroatoms. The number of carbonyl (C=O) groups is 3. The van der Waals surface area contributed by atoms with Gasteiger partial charge in [-0.05, 0) is 25.1 Å². The smallest absolute Gasteiger partial charge is 0.375 e. The van der Waals surface area contributed by atoms with Crippen LogP contribution in [0.5, 0.6) is 5.75 Å². The van der Waals surface area contributed by atoms with Gasteiger partial charge in [0.2, 0.25) is 5.78 Å². The van der Waals surface area contributed by atoms with Crippen LogP contribution in [0, 0.1) is 5.82 Å². The largest absolute Gasteiger partial charge is 0.507 e. The Balaban J connectivity index is 2.80. The molecule has 0 aliphatic heterocycles. The van der Waals surface area contributed by atoms with Crippen molar-refractivity contribution in [2.45, 2.75) is 13.3 Å². The van der Waals surface area contributed by atoms with E-state index in [1.807, 2.05) is 0 Å². The van der Waals surface area contributed by atoms with Gasteiger partial charge in [0, 0.05) is 0 Å². The van der Waals surface area contributed by atoms with Gasteiger partial charge in [0.1, 0.15) is 11.6 Å². The normalized spacial score (nSPS) is 9.89. The fourth-order valence-corrected chi connectivity index (χ4v) is 1.26. The Kier molecular flexibility index (Phi) is 4.53. The van der Waals surface area contributed by atoms with E-state index < -0.39 is 35.5 Å². The average Bonchev–Trinajstić information content (AvgIpc) is 2.32. The molecule has 0 unspecified atom stereocenters. The summed E-state index contributed by atoms with van der Waals surface area (Å²) in [5.74, 6) is -4.17. The molecule has 0 saturated carbocycles. The molecule has 0 aromatic heterocycles. The lowest BCUT2D eigenvalue weighted by molar-refractivity contribution is -0.153. The zero-order chi connectivity index (χ0) is 13.7. The van der Waals surface area contributed by atoms with Crippen molar-refractivity contribution >= 4 is 17.5 Å². The van der Waals surface area contributed by atoms with Crippen molar-refractivity contribution in [1.29, 1.82) is 0 Å². The van der Waals surface area contributed by atoms with Gasteiger partial charge in [-0.3, -0.25) is 9.59 Å². The van der Waals surface area contributed by atoms with Crippen molar-refractivity contribution in [2.75, 3.05) is 6.61 Å². The molecule has 0 heterocycles. The van der Waals surface area contributed by atoms with E-state index in [0.29, 0.717) is 0 Å². The molecule has 1 aromatic carbocycles. The van der Waals surface area contributed by atoms with E-state index in [9.17, 15) is 23.9 Å². The number of hydrogen-bond acceptors (Lipinski definition) is 5. The van der Waals surface area contributed by atoms with Gasteiger partial charge in [0.25, 0.3) is 0 Å². The summed E-state index contributed by atoms with van der Waals surface area (Å²) in [7, 11) is 0. The number of rotatable bonds is 5. The van der Waals surface area contributed by atoms with Crippen LogP contribution >= 0.6 is 0 Å². The van der Waals surface area contributed by atoms with Crippen LogP contribution in [0.4, 0.5) is 4.39 Å². The molecule has 1 rings (SSSR count). The fourth-order valence-electron chi connectivity index (χ4n) is 1.26. The Morgan fingerprint density at radius 3 is 2.61 bits per heavy atom. The summed E-state index contributed by atoms with van der Waals surface area (Å²) in [6, 6.07) is 2.77. The first-order valence-electron chi connectivity index (χ1n) is 5.17. The summed E-state index contributed by atoms with van der Waals surface area (Å²) in [6.07, 6.45) is -0.768. The zero-order valence-corrected chi connectivity index (χ0v) is 9.60. The molecule has 0 spiro atoms. The van der Waals surface area contributed by atoms with Crippen molar-refractivity contribution in [3.8, 4) is 5.75 Å². The van der Waals surface area contributed by atoms with Gasteiger partial charge in [0.15, 0.2) is 5.78 Å². The molecule has 0 bridgehead atoms. The summed E-state index contributed by atoms with van der Waals surface area (Å²) in [5.41, 5.74) is -0.340. The summed E-state index contributed by atoms with van der Waals surface area (Å²) in [4.78, 5) is 33.8. The third-order valence-corrected chi connectivity index (χ3v) is 2.08. The van der Waals surface area contributed by atoms with E-state index in [2.05, 4.69) is 4.74 Å². The SMILES string of the molecule is CCOC(=O)C(=O)CC(=O)c1cc(F)ccc1O. The summed E-state index contributed by atoms with van der Waals surface area (Å²) in [6.45, 7) is 1.54.